The quantitative estimate of drug-likeness (QED) is 0.667. The van der Waals surface area contributed by atoms with E-state index < -0.39 is 11.6 Å². The van der Waals surface area contributed by atoms with Crippen molar-refractivity contribution in [2.45, 2.75) is 0 Å². The molecule has 14 heavy (non-hydrogen) atoms. The summed E-state index contributed by atoms with van der Waals surface area (Å²) < 4.78 is 4.56. The zero-order chi connectivity index (χ0) is 10.1. The van der Waals surface area contributed by atoms with Crippen LogP contribution in [0.4, 0.5) is 0 Å². The van der Waals surface area contributed by atoms with Gasteiger partial charge in [0.2, 0.25) is 0 Å². The van der Waals surface area contributed by atoms with Crippen molar-refractivity contribution >= 4 is 17.0 Å². The van der Waals surface area contributed by atoms with Gasteiger partial charge in [0, 0.05) is 11.6 Å². The highest BCUT2D eigenvalue weighted by Gasteiger charge is 2.09. The molecule has 1 aromatic heterocycles. The fourth-order valence-corrected chi connectivity index (χ4v) is 1.35. The molecule has 0 unspecified atom stereocenters. The molecule has 4 heteroatoms. The Morgan fingerprint density at radius 2 is 1.93 bits per heavy atom. The van der Waals surface area contributed by atoms with E-state index in [1.165, 1.54) is 0 Å². The van der Waals surface area contributed by atoms with Gasteiger partial charge in [-0.05, 0) is 6.07 Å². The highest BCUT2D eigenvalue weighted by atomic mass is 16.5. The van der Waals surface area contributed by atoms with Crippen LogP contribution < -0.4 is 5.63 Å². The molecule has 0 fully saturated rings. The Balaban J connectivity index is 3.05. The van der Waals surface area contributed by atoms with Crippen molar-refractivity contribution in [2.24, 2.45) is 0 Å². The molecule has 2 rings (SSSR count). The summed E-state index contributed by atoms with van der Waals surface area (Å²) >= 11 is 0. The van der Waals surface area contributed by atoms with Gasteiger partial charge in [0.1, 0.15) is 0 Å². The van der Waals surface area contributed by atoms with E-state index in [4.69, 9.17) is 5.41 Å². The first-order chi connectivity index (χ1) is 6.74. The Labute approximate surface area is 78.9 Å². The number of aromatic hydroxyl groups is 1. The Hall–Kier alpha value is -2.10. The van der Waals surface area contributed by atoms with E-state index in [1.807, 2.05) is 0 Å². The smallest absolute Gasteiger partial charge is 0.346 e. The van der Waals surface area contributed by atoms with Crippen molar-refractivity contribution in [3.63, 3.8) is 0 Å². The fraction of sp³-hybridized carbons (Fsp3) is 0. The zero-order valence-corrected chi connectivity index (χ0v) is 7.15. The van der Waals surface area contributed by atoms with E-state index >= 15 is 0 Å². The van der Waals surface area contributed by atoms with E-state index in [0.717, 1.165) is 6.21 Å². The molecule has 0 aliphatic carbocycles. The van der Waals surface area contributed by atoms with Crippen molar-refractivity contribution in [3.8, 4) is 5.95 Å². The van der Waals surface area contributed by atoms with Gasteiger partial charge in [-0.15, -0.1) is 0 Å². The Bertz CT molecular complexity index is 557. The third kappa shape index (κ3) is 1.08. The molecule has 0 radical (unpaired) electrons. The number of rotatable bonds is 1. The molecule has 0 bridgehead atoms. The number of hydrogen-bond donors (Lipinski definition) is 2. The molecule has 1 heterocycles. The third-order valence-electron chi connectivity index (χ3n) is 2.00. The van der Waals surface area contributed by atoms with E-state index in [0.29, 0.717) is 10.8 Å². The van der Waals surface area contributed by atoms with Crippen LogP contribution >= 0.6 is 0 Å². The Kier molecular flexibility index (Phi) is 1.81. The maximum atomic E-state index is 11.3. The highest BCUT2D eigenvalue weighted by molar-refractivity contribution is 5.99. The number of fused-ring (bicyclic) bond motifs is 1. The molecule has 1 aromatic carbocycles. The summed E-state index contributed by atoms with van der Waals surface area (Å²) in [5.41, 5.74) is -0.371. The first kappa shape index (κ1) is 8.50. The zero-order valence-electron chi connectivity index (χ0n) is 7.15. The minimum Gasteiger partial charge on any atom is -0.480 e. The number of nitrogens with one attached hydrogen (secondary N) is 1. The van der Waals surface area contributed by atoms with E-state index in [-0.39, 0.29) is 5.56 Å². The molecule has 0 atom stereocenters. The molecule has 0 aliphatic rings. The summed E-state index contributed by atoms with van der Waals surface area (Å²) in [6.07, 6.45) is 0.959. The minimum absolute atomic E-state index is 0.222. The molecule has 70 valence electrons. The van der Waals surface area contributed by atoms with Crippen LogP contribution in [0.1, 0.15) is 5.56 Å². The Morgan fingerprint density at radius 3 is 2.57 bits per heavy atom. The summed E-state index contributed by atoms with van der Waals surface area (Å²) in [5, 5.41) is 17.3. The predicted octanol–water partition coefficient (Wildman–Crippen LogP) is 1.50. The van der Waals surface area contributed by atoms with Crippen molar-refractivity contribution in [1.29, 1.82) is 5.41 Å². The summed E-state index contributed by atoms with van der Waals surface area (Å²) in [5.74, 6) is -0.510. The predicted molar refractivity (Wildman–Crippen MR) is 52.0 cm³/mol. The molecule has 0 spiro atoms. The number of benzene rings is 1. The third-order valence-corrected chi connectivity index (χ3v) is 2.00. The second-order valence-electron chi connectivity index (χ2n) is 2.80. The monoisotopic (exact) mass is 189 g/mol. The fourth-order valence-electron chi connectivity index (χ4n) is 1.35. The lowest BCUT2D eigenvalue weighted by Gasteiger charge is -2.00. The molecule has 2 N–H and O–H groups in total. The van der Waals surface area contributed by atoms with Crippen LogP contribution in [0.5, 0.6) is 5.95 Å². The molecule has 0 aliphatic heterocycles. The van der Waals surface area contributed by atoms with Crippen LogP contribution in [0, 0.1) is 5.41 Å². The molecule has 2 aromatic rings. The van der Waals surface area contributed by atoms with Gasteiger partial charge in [-0.25, -0.2) is 4.79 Å². The molecule has 0 saturated heterocycles. The van der Waals surface area contributed by atoms with Crippen LogP contribution in [0.15, 0.2) is 33.5 Å². The molecular formula is C10H7NO3. The lowest BCUT2D eigenvalue weighted by atomic mass is 10.1. The summed E-state index contributed by atoms with van der Waals surface area (Å²) in [7, 11) is 0. The average molecular weight is 189 g/mol. The van der Waals surface area contributed by atoms with Gasteiger partial charge in [-0.1, -0.05) is 18.2 Å². The van der Waals surface area contributed by atoms with Gasteiger partial charge in [0.25, 0.3) is 5.95 Å². The SMILES string of the molecule is N=Cc1c(O)oc(=O)c2ccccc12. The largest absolute Gasteiger partial charge is 0.480 e. The topological polar surface area (TPSA) is 74.3 Å². The van der Waals surface area contributed by atoms with Gasteiger partial charge in [0.15, 0.2) is 0 Å². The van der Waals surface area contributed by atoms with Crippen molar-refractivity contribution in [1.82, 2.24) is 0 Å². The molecule has 4 nitrogen and oxygen atoms in total. The maximum absolute atomic E-state index is 11.3. The lowest BCUT2D eigenvalue weighted by Crippen LogP contribution is -2.01. The van der Waals surface area contributed by atoms with Gasteiger partial charge in [-0.2, -0.15) is 0 Å². The van der Waals surface area contributed by atoms with Crippen molar-refractivity contribution in [3.05, 3.63) is 40.2 Å². The second kappa shape index (κ2) is 2.99. The summed E-state index contributed by atoms with van der Waals surface area (Å²) in [4.78, 5) is 11.3. The highest BCUT2D eigenvalue weighted by Crippen LogP contribution is 2.21. The van der Waals surface area contributed by atoms with Gasteiger partial charge in [0.05, 0.1) is 10.9 Å². The van der Waals surface area contributed by atoms with E-state index in [2.05, 4.69) is 4.42 Å². The first-order valence-corrected chi connectivity index (χ1v) is 3.99. The lowest BCUT2D eigenvalue weighted by molar-refractivity contribution is 0.312. The average Bonchev–Trinajstić information content (AvgIpc) is 2.18. The summed E-state index contributed by atoms with van der Waals surface area (Å²) in [6, 6.07) is 6.68. The second-order valence-corrected chi connectivity index (χ2v) is 2.80. The maximum Gasteiger partial charge on any atom is 0.346 e. The van der Waals surface area contributed by atoms with Crippen LogP contribution in [-0.4, -0.2) is 11.3 Å². The van der Waals surface area contributed by atoms with Crippen LogP contribution in [-0.2, 0) is 0 Å². The molecule has 0 amide bonds. The van der Waals surface area contributed by atoms with Crippen LogP contribution in [0.2, 0.25) is 0 Å². The van der Waals surface area contributed by atoms with Crippen molar-refractivity contribution in [2.75, 3.05) is 0 Å². The summed E-state index contributed by atoms with van der Waals surface area (Å²) in [6.45, 7) is 0. The van der Waals surface area contributed by atoms with E-state index in [9.17, 15) is 9.90 Å². The standard InChI is InChI=1S/C10H7NO3/c11-5-8-6-3-1-2-4-7(6)9(12)14-10(8)13/h1-5,11,13H. The number of hydrogen-bond acceptors (Lipinski definition) is 4. The van der Waals surface area contributed by atoms with Gasteiger partial charge < -0.3 is 14.9 Å². The van der Waals surface area contributed by atoms with Crippen LogP contribution in [0.3, 0.4) is 0 Å². The minimum atomic E-state index is -0.594. The van der Waals surface area contributed by atoms with E-state index in [1.54, 1.807) is 24.3 Å². The Morgan fingerprint density at radius 1 is 1.29 bits per heavy atom. The molecular weight excluding hydrogens is 182 g/mol. The first-order valence-electron chi connectivity index (χ1n) is 3.99. The van der Waals surface area contributed by atoms with Gasteiger partial charge >= 0.3 is 5.63 Å². The molecule has 0 saturated carbocycles. The van der Waals surface area contributed by atoms with Gasteiger partial charge in [-0.3, -0.25) is 0 Å². The normalized spacial score (nSPS) is 10.3. The van der Waals surface area contributed by atoms with Crippen LogP contribution in [0.25, 0.3) is 10.8 Å². The van der Waals surface area contributed by atoms with Crippen molar-refractivity contribution < 1.29 is 9.52 Å².